The van der Waals surface area contributed by atoms with Crippen molar-refractivity contribution < 1.29 is 13.2 Å². The molecule has 1 rings (SSSR count). The van der Waals surface area contributed by atoms with Gasteiger partial charge in [-0.2, -0.15) is 0 Å². The Morgan fingerprint density at radius 1 is 1.20 bits per heavy atom. The average Bonchev–Trinajstić information content (AvgIpc) is 2.24. The van der Waals surface area contributed by atoms with Crippen molar-refractivity contribution in [2.45, 2.75) is 6.92 Å². The van der Waals surface area contributed by atoms with E-state index in [1.807, 2.05) is 0 Å². The Kier molecular flexibility index (Phi) is 3.96. The van der Waals surface area contributed by atoms with E-state index in [0.29, 0.717) is 19.6 Å². The van der Waals surface area contributed by atoms with Crippen LogP contribution in [0.15, 0.2) is 12.1 Å². The summed E-state index contributed by atoms with van der Waals surface area (Å²) in [6.45, 7) is 3.00. The van der Waals surface area contributed by atoms with Gasteiger partial charge >= 0.3 is 0 Å². The molecule has 0 aromatic heterocycles. The predicted molar refractivity (Wildman–Crippen MR) is 53.3 cm³/mol. The van der Waals surface area contributed by atoms with E-state index < -0.39 is 17.5 Å². The molecular weight excluding hydrogens is 205 g/mol. The maximum atomic E-state index is 13.3. The molecule has 0 heterocycles. The highest BCUT2D eigenvalue weighted by atomic mass is 19.2. The Morgan fingerprint density at radius 2 is 1.87 bits per heavy atom. The lowest BCUT2D eigenvalue weighted by atomic mass is 10.2. The van der Waals surface area contributed by atoms with Crippen molar-refractivity contribution in [3.63, 3.8) is 0 Å². The number of nitrogens with two attached hydrogens (primary N) is 1. The minimum Gasteiger partial charge on any atom is -0.368 e. The van der Waals surface area contributed by atoms with Gasteiger partial charge in [0.25, 0.3) is 0 Å². The van der Waals surface area contributed by atoms with Crippen LogP contribution in [0.1, 0.15) is 6.92 Å². The van der Waals surface area contributed by atoms with E-state index in [-0.39, 0.29) is 5.69 Å². The quantitative estimate of drug-likeness (QED) is 0.782. The van der Waals surface area contributed by atoms with Crippen LogP contribution in [0.25, 0.3) is 0 Å². The van der Waals surface area contributed by atoms with E-state index in [1.165, 1.54) is 6.07 Å². The molecule has 0 atom stereocenters. The van der Waals surface area contributed by atoms with Gasteiger partial charge in [-0.3, -0.25) is 0 Å². The zero-order chi connectivity index (χ0) is 11.4. The third kappa shape index (κ3) is 2.41. The van der Waals surface area contributed by atoms with Gasteiger partial charge in [0.15, 0.2) is 17.5 Å². The monoisotopic (exact) mass is 218 g/mol. The van der Waals surface area contributed by atoms with E-state index in [2.05, 4.69) is 0 Å². The first-order valence-electron chi connectivity index (χ1n) is 4.70. The molecule has 0 fully saturated rings. The summed E-state index contributed by atoms with van der Waals surface area (Å²) in [4.78, 5) is 1.55. The van der Waals surface area contributed by atoms with Crippen LogP contribution in [0.4, 0.5) is 18.9 Å². The lowest BCUT2D eigenvalue weighted by Gasteiger charge is -2.22. The van der Waals surface area contributed by atoms with E-state index in [0.717, 1.165) is 6.07 Å². The summed E-state index contributed by atoms with van der Waals surface area (Å²) in [6.07, 6.45) is 0. The molecule has 15 heavy (non-hydrogen) atoms. The van der Waals surface area contributed by atoms with Crippen LogP contribution in [-0.4, -0.2) is 19.6 Å². The number of rotatable bonds is 4. The molecule has 0 amide bonds. The van der Waals surface area contributed by atoms with Crippen LogP contribution in [0.2, 0.25) is 0 Å². The third-order valence-electron chi connectivity index (χ3n) is 2.14. The molecule has 0 aliphatic carbocycles. The molecule has 0 saturated heterocycles. The summed E-state index contributed by atoms with van der Waals surface area (Å²) in [5, 5.41) is 0. The van der Waals surface area contributed by atoms with Gasteiger partial charge in [0, 0.05) is 19.6 Å². The molecule has 0 bridgehead atoms. The molecule has 0 aliphatic rings. The van der Waals surface area contributed by atoms with E-state index in [1.54, 1.807) is 11.8 Å². The van der Waals surface area contributed by atoms with Crippen LogP contribution in [0.3, 0.4) is 0 Å². The van der Waals surface area contributed by atoms with Crippen molar-refractivity contribution in [1.29, 1.82) is 0 Å². The van der Waals surface area contributed by atoms with Gasteiger partial charge in [-0.15, -0.1) is 0 Å². The molecule has 2 N–H and O–H groups in total. The van der Waals surface area contributed by atoms with E-state index in [4.69, 9.17) is 5.73 Å². The molecule has 0 saturated carbocycles. The smallest absolute Gasteiger partial charge is 0.196 e. The van der Waals surface area contributed by atoms with E-state index in [9.17, 15) is 13.2 Å². The largest absolute Gasteiger partial charge is 0.368 e. The molecule has 0 spiro atoms. The maximum Gasteiger partial charge on any atom is 0.196 e. The molecule has 0 aliphatic heterocycles. The molecule has 0 unspecified atom stereocenters. The van der Waals surface area contributed by atoms with Crippen molar-refractivity contribution in [3.8, 4) is 0 Å². The Bertz CT molecular complexity index is 342. The standard InChI is InChI=1S/C10H13F3N2/c1-2-15(6-5-14)8-4-3-7(11)9(12)10(8)13/h3-4H,2,5-6,14H2,1H3. The number of hydrogen-bond donors (Lipinski definition) is 1. The normalized spacial score (nSPS) is 10.5. The summed E-state index contributed by atoms with van der Waals surface area (Å²) >= 11 is 0. The summed E-state index contributed by atoms with van der Waals surface area (Å²) in [7, 11) is 0. The van der Waals surface area contributed by atoms with E-state index >= 15 is 0 Å². The second-order valence-corrected chi connectivity index (χ2v) is 3.06. The SMILES string of the molecule is CCN(CCN)c1ccc(F)c(F)c1F. The van der Waals surface area contributed by atoms with Crippen molar-refractivity contribution in [2.75, 3.05) is 24.5 Å². The topological polar surface area (TPSA) is 29.3 Å². The summed E-state index contributed by atoms with van der Waals surface area (Å²) in [6, 6.07) is 2.12. The second kappa shape index (κ2) is 5.02. The Hall–Kier alpha value is -1.23. The van der Waals surface area contributed by atoms with Gasteiger partial charge < -0.3 is 10.6 Å². The number of likely N-dealkylation sites (N-methyl/N-ethyl adjacent to an activating group) is 1. The van der Waals surface area contributed by atoms with Crippen LogP contribution in [-0.2, 0) is 0 Å². The fraction of sp³-hybridized carbons (Fsp3) is 0.400. The first-order chi connectivity index (χ1) is 7.11. The van der Waals surface area contributed by atoms with Crippen LogP contribution < -0.4 is 10.6 Å². The predicted octanol–water partition coefficient (Wildman–Crippen LogP) is 1.89. The average molecular weight is 218 g/mol. The van der Waals surface area contributed by atoms with Gasteiger partial charge in [0.2, 0.25) is 0 Å². The molecule has 84 valence electrons. The number of benzene rings is 1. The molecule has 2 nitrogen and oxygen atoms in total. The van der Waals surface area contributed by atoms with Gasteiger partial charge in [0.1, 0.15) is 0 Å². The zero-order valence-electron chi connectivity index (χ0n) is 8.43. The van der Waals surface area contributed by atoms with Crippen LogP contribution >= 0.6 is 0 Å². The number of nitrogens with zero attached hydrogens (tertiary/aromatic N) is 1. The molecule has 1 aromatic carbocycles. The second-order valence-electron chi connectivity index (χ2n) is 3.06. The fourth-order valence-electron chi connectivity index (χ4n) is 1.36. The van der Waals surface area contributed by atoms with Crippen molar-refractivity contribution >= 4 is 5.69 Å². The first kappa shape index (κ1) is 11.8. The minimum absolute atomic E-state index is 0.0434. The fourth-order valence-corrected chi connectivity index (χ4v) is 1.36. The molecule has 5 heteroatoms. The minimum atomic E-state index is -1.44. The Morgan fingerprint density at radius 3 is 2.40 bits per heavy atom. The van der Waals surface area contributed by atoms with Crippen molar-refractivity contribution in [1.82, 2.24) is 0 Å². The Labute approximate surface area is 86.5 Å². The lowest BCUT2D eigenvalue weighted by Crippen LogP contribution is -2.30. The molecular formula is C10H13F3N2. The van der Waals surface area contributed by atoms with Crippen molar-refractivity contribution in [2.24, 2.45) is 5.73 Å². The highest BCUT2D eigenvalue weighted by molar-refractivity contribution is 5.48. The molecule has 1 aromatic rings. The number of anilines is 1. The maximum absolute atomic E-state index is 13.3. The zero-order valence-corrected chi connectivity index (χ0v) is 8.43. The van der Waals surface area contributed by atoms with Gasteiger partial charge in [0.05, 0.1) is 5.69 Å². The van der Waals surface area contributed by atoms with Gasteiger partial charge in [-0.1, -0.05) is 0 Å². The van der Waals surface area contributed by atoms with Gasteiger partial charge in [-0.05, 0) is 19.1 Å². The summed E-state index contributed by atoms with van der Waals surface area (Å²) in [5.74, 6) is -3.78. The number of hydrogen-bond acceptors (Lipinski definition) is 2. The first-order valence-corrected chi connectivity index (χ1v) is 4.70. The number of halogens is 3. The Balaban J connectivity index is 3.07. The molecule has 0 radical (unpaired) electrons. The van der Waals surface area contributed by atoms with Crippen LogP contribution in [0.5, 0.6) is 0 Å². The summed E-state index contributed by atoms with van der Waals surface area (Å²) in [5.41, 5.74) is 5.37. The van der Waals surface area contributed by atoms with Crippen LogP contribution in [0, 0.1) is 17.5 Å². The highest BCUT2D eigenvalue weighted by Crippen LogP contribution is 2.22. The highest BCUT2D eigenvalue weighted by Gasteiger charge is 2.16. The third-order valence-corrected chi connectivity index (χ3v) is 2.14. The van der Waals surface area contributed by atoms with Crippen molar-refractivity contribution in [3.05, 3.63) is 29.6 Å². The van der Waals surface area contributed by atoms with Gasteiger partial charge in [-0.25, -0.2) is 13.2 Å². The summed E-state index contributed by atoms with van der Waals surface area (Å²) < 4.78 is 38.9. The lowest BCUT2D eigenvalue weighted by molar-refractivity contribution is 0.446.